The molecule has 0 aromatic heterocycles. The molecule has 12 heteroatoms. The van der Waals surface area contributed by atoms with Crippen molar-refractivity contribution in [3.63, 3.8) is 0 Å². The van der Waals surface area contributed by atoms with Gasteiger partial charge in [-0.05, 0) is 77.0 Å². The maximum Gasteiger partial charge on any atom is 0.400 e. The summed E-state index contributed by atoms with van der Waals surface area (Å²) in [4.78, 5) is 0. The quantitative estimate of drug-likeness (QED) is 0.141. The zero-order valence-electron chi connectivity index (χ0n) is 23.4. The highest BCUT2D eigenvalue weighted by molar-refractivity contribution is 5.25. The van der Waals surface area contributed by atoms with E-state index in [9.17, 15) is 39.5 Å². The average molecular weight is 617 g/mol. The number of hydrogen-bond acceptors (Lipinski definition) is 3. The summed E-state index contributed by atoms with van der Waals surface area (Å²) >= 11 is 0. The molecule has 3 nitrogen and oxygen atoms in total. The van der Waals surface area contributed by atoms with E-state index in [1.807, 2.05) is 13.0 Å². The maximum absolute atomic E-state index is 15.0. The van der Waals surface area contributed by atoms with Crippen molar-refractivity contribution in [2.45, 2.75) is 121 Å². The SMILES string of the molecule is CCCC1=CCC(C(F)(F)OC2CCC(C(F)(F)OC3CCC(C(F)(F)Oc4cc(F)c(F)c(F)c4)CC3)CC2)CC1. The molecule has 1 atom stereocenters. The average Bonchev–Trinajstić information content (AvgIpc) is 2.92. The Morgan fingerprint density at radius 1 is 0.667 bits per heavy atom. The lowest BCUT2D eigenvalue weighted by molar-refractivity contribution is -0.319. The predicted octanol–water partition coefficient (Wildman–Crippen LogP) is 9.94. The number of allylic oxidation sites excluding steroid dienone is 2. The second-order valence-electron chi connectivity index (χ2n) is 11.8. The Morgan fingerprint density at radius 3 is 1.60 bits per heavy atom. The van der Waals surface area contributed by atoms with Crippen LogP contribution in [0.15, 0.2) is 23.8 Å². The second-order valence-corrected chi connectivity index (χ2v) is 11.8. The molecular formula is C30H37F9O3. The van der Waals surface area contributed by atoms with Crippen molar-refractivity contribution in [3.05, 3.63) is 41.2 Å². The minimum absolute atomic E-state index is 0.0315. The molecule has 4 rings (SSSR count). The topological polar surface area (TPSA) is 27.7 Å². The molecule has 0 aliphatic heterocycles. The summed E-state index contributed by atoms with van der Waals surface area (Å²) in [7, 11) is 0. The summed E-state index contributed by atoms with van der Waals surface area (Å²) in [5.41, 5.74) is 1.18. The highest BCUT2D eigenvalue weighted by Crippen LogP contribution is 2.45. The summed E-state index contributed by atoms with van der Waals surface area (Å²) in [5, 5.41) is 0. The van der Waals surface area contributed by atoms with Crippen LogP contribution < -0.4 is 4.74 Å². The van der Waals surface area contributed by atoms with Gasteiger partial charge in [0.05, 0.1) is 30.0 Å². The molecule has 0 N–H and O–H groups in total. The third kappa shape index (κ3) is 8.15. The molecule has 1 aromatic rings. The van der Waals surface area contributed by atoms with Crippen molar-refractivity contribution in [2.24, 2.45) is 17.8 Å². The fourth-order valence-corrected chi connectivity index (χ4v) is 6.24. The number of ether oxygens (including phenoxy) is 3. The largest absolute Gasteiger partial charge is 0.432 e. The molecular weight excluding hydrogens is 579 g/mol. The van der Waals surface area contributed by atoms with E-state index >= 15 is 0 Å². The van der Waals surface area contributed by atoms with Crippen LogP contribution in [0.3, 0.4) is 0 Å². The van der Waals surface area contributed by atoms with Crippen LogP contribution in [0.4, 0.5) is 39.5 Å². The molecule has 2 saturated carbocycles. The van der Waals surface area contributed by atoms with Gasteiger partial charge in [0.1, 0.15) is 5.75 Å². The van der Waals surface area contributed by atoms with Gasteiger partial charge < -0.3 is 14.2 Å². The van der Waals surface area contributed by atoms with Crippen LogP contribution >= 0.6 is 0 Å². The first kappa shape index (κ1) is 33.0. The Bertz CT molecular complexity index is 1050. The molecule has 0 saturated heterocycles. The van der Waals surface area contributed by atoms with Crippen LogP contribution in [0.1, 0.15) is 90.4 Å². The molecule has 0 amide bonds. The Hall–Kier alpha value is -1.95. The Labute approximate surface area is 239 Å². The van der Waals surface area contributed by atoms with E-state index in [1.165, 1.54) is 5.57 Å². The van der Waals surface area contributed by atoms with E-state index in [2.05, 4.69) is 4.74 Å². The molecule has 0 heterocycles. The van der Waals surface area contributed by atoms with Crippen molar-refractivity contribution in [1.29, 1.82) is 0 Å². The zero-order chi connectivity index (χ0) is 30.7. The van der Waals surface area contributed by atoms with Crippen molar-refractivity contribution >= 4 is 0 Å². The summed E-state index contributed by atoms with van der Waals surface area (Å²) in [6.45, 7) is 2.03. The molecule has 42 heavy (non-hydrogen) atoms. The van der Waals surface area contributed by atoms with Gasteiger partial charge in [0.15, 0.2) is 17.5 Å². The minimum atomic E-state index is -3.88. The van der Waals surface area contributed by atoms with E-state index in [4.69, 9.17) is 9.47 Å². The number of hydrogen-bond donors (Lipinski definition) is 0. The first-order valence-electron chi connectivity index (χ1n) is 14.7. The lowest BCUT2D eigenvalue weighted by Crippen LogP contribution is -2.43. The number of benzene rings is 1. The molecule has 3 aliphatic carbocycles. The molecule has 1 aromatic carbocycles. The monoisotopic (exact) mass is 616 g/mol. The molecule has 0 radical (unpaired) electrons. The van der Waals surface area contributed by atoms with E-state index in [0.29, 0.717) is 25.0 Å². The van der Waals surface area contributed by atoms with Gasteiger partial charge in [0, 0.05) is 12.1 Å². The molecule has 0 bridgehead atoms. The lowest BCUT2D eigenvalue weighted by atomic mass is 9.84. The van der Waals surface area contributed by atoms with Gasteiger partial charge >= 0.3 is 18.3 Å². The number of alkyl halides is 6. The second kappa shape index (κ2) is 13.4. The normalized spacial score (nSPS) is 28.0. The molecule has 3 aliphatic rings. The molecule has 0 spiro atoms. The van der Waals surface area contributed by atoms with E-state index in [1.54, 1.807) is 0 Å². The van der Waals surface area contributed by atoms with Crippen LogP contribution in [-0.2, 0) is 9.47 Å². The summed E-state index contributed by atoms with van der Waals surface area (Å²) in [6.07, 6.45) is -8.65. The van der Waals surface area contributed by atoms with Gasteiger partial charge in [-0.1, -0.05) is 25.0 Å². The van der Waals surface area contributed by atoms with Gasteiger partial charge in [0.2, 0.25) is 0 Å². The van der Waals surface area contributed by atoms with Crippen LogP contribution in [0, 0.1) is 35.2 Å². The summed E-state index contributed by atoms with van der Waals surface area (Å²) in [5.74, 6) is -9.67. The van der Waals surface area contributed by atoms with E-state index in [-0.39, 0.29) is 57.8 Å². The predicted molar refractivity (Wildman–Crippen MR) is 136 cm³/mol. The fourth-order valence-electron chi connectivity index (χ4n) is 6.24. The van der Waals surface area contributed by atoms with E-state index in [0.717, 1.165) is 12.8 Å². The lowest BCUT2D eigenvalue weighted by Gasteiger charge is -2.39. The zero-order valence-corrected chi connectivity index (χ0v) is 23.4. The number of rotatable bonds is 11. The first-order chi connectivity index (χ1) is 19.7. The Morgan fingerprint density at radius 2 is 1.14 bits per heavy atom. The fraction of sp³-hybridized carbons (Fsp3) is 0.733. The van der Waals surface area contributed by atoms with Crippen LogP contribution in [0.2, 0.25) is 0 Å². The van der Waals surface area contributed by atoms with Gasteiger partial charge in [0.25, 0.3) is 0 Å². The minimum Gasteiger partial charge on any atom is -0.432 e. The van der Waals surface area contributed by atoms with Gasteiger partial charge in [-0.3, -0.25) is 0 Å². The Balaban J connectivity index is 1.22. The third-order valence-corrected chi connectivity index (χ3v) is 8.71. The van der Waals surface area contributed by atoms with Crippen LogP contribution in [-0.4, -0.2) is 30.5 Å². The third-order valence-electron chi connectivity index (χ3n) is 8.71. The highest BCUT2D eigenvalue weighted by Gasteiger charge is 2.50. The maximum atomic E-state index is 15.0. The first-order valence-corrected chi connectivity index (χ1v) is 14.7. The van der Waals surface area contributed by atoms with Crippen molar-refractivity contribution in [3.8, 4) is 5.75 Å². The summed E-state index contributed by atoms with van der Waals surface area (Å²) < 4.78 is 143. The van der Waals surface area contributed by atoms with Crippen LogP contribution in [0.5, 0.6) is 5.75 Å². The van der Waals surface area contributed by atoms with Gasteiger partial charge in [-0.25, -0.2) is 13.2 Å². The molecule has 1 unspecified atom stereocenters. The van der Waals surface area contributed by atoms with Crippen molar-refractivity contribution in [1.82, 2.24) is 0 Å². The van der Waals surface area contributed by atoms with Gasteiger partial charge in [-0.15, -0.1) is 0 Å². The summed E-state index contributed by atoms with van der Waals surface area (Å²) in [6, 6.07) is 0.609. The van der Waals surface area contributed by atoms with Crippen molar-refractivity contribution < 1.29 is 53.7 Å². The van der Waals surface area contributed by atoms with Gasteiger partial charge in [-0.2, -0.15) is 26.3 Å². The Kier molecular flexibility index (Phi) is 10.5. The molecule has 2 fully saturated rings. The molecule has 238 valence electrons. The highest BCUT2D eigenvalue weighted by atomic mass is 19.3. The standard InChI is InChI=1S/C30H37F9O3/c1-2-3-18-4-6-19(7-5-18)28(34,35)40-22-12-8-20(9-13-22)29(36,37)41-23-14-10-21(11-15-23)30(38,39)42-24-16-25(31)27(33)26(32)17-24/h4,16-17,19-23H,2-3,5-15H2,1H3. The number of halogens is 9. The van der Waals surface area contributed by atoms with Crippen molar-refractivity contribution in [2.75, 3.05) is 0 Å². The van der Waals surface area contributed by atoms with E-state index < -0.39 is 71.5 Å². The smallest absolute Gasteiger partial charge is 0.400 e. The van der Waals surface area contributed by atoms with Crippen LogP contribution in [0.25, 0.3) is 0 Å².